The lowest BCUT2D eigenvalue weighted by atomic mass is 10.1. The fourth-order valence-electron chi connectivity index (χ4n) is 3.99. The molecule has 0 radical (unpaired) electrons. The summed E-state index contributed by atoms with van der Waals surface area (Å²) in [5.41, 5.74) is 0.627. The number of amides is 2. The normalized spacial score (nSPS) is 12.2. The Morgan fingerprint density at radius 2 is 1.62 bits per heavy atom. The van der Waals surface area contributed by atoms with Gasteiger partial charge in [0.25, 0.3) is 10.0 Å². The molecule has 0 fully saturated rings. The minimum atomic E-state index is -4.23. The molecule has 7 nitrogen and oxygen atoms in total. The molecule has 3 aromatic carbocycles. The first-order chi connectivity index (χ1) is 18.4. The molecule has 11 heteroatoms. The number of anilines is 1. The Balaban J connectivity index is 2.07. The molecule has 1 atom stereocenters. The van der Waals surface area contributed by atoms with Crippen molar-refractivity contribution >= 4 is 50.7 Å². The van der Waals surface area contributed by atoms with E-state index in [0.717, 1.165) is 16.4 Å². The molecule has 0 saturated heterocycles. The molecule has 0 aromatic heterocycles. The van der Waals surface area contributed by atoms with E-state index < -0.39 is 34.3 Å². The van der Waals surface area contributed by atoms with Crippen molar-refractivity contribution in [3.8, 4) is 0 Å². The highest BCUT2D eigenvalue weighted by molar-refractivity contribution is 7.92. The van der Waals surface area contributed by atoms with Crippen LogP contribution in [0.25, 0.3) is 0 Å². The number of nitrogens with zero attached hydrogens (tertiary/aromatic N) is 2. The molecule has 1 N–H and O–H groups in total. The number of carbonyl (C=O) groups excluding carboxylic acids is 2. The number of sulfonamides is 1. The highest BCUT2D eigenvalue weighted by Gasteiger charge is 2.34. The van der Waals surface area contributed by atoms with Gasteiger partial charge in [0.05, 0.1) is 10.6 Å². The van der Waals surface area contributed by atoms with Crippen LogP contribution in [-0.2, 0) is 26.2 Å². The highest BCUT2D eigenvalue weighted by atomic mass is 35.5. The van der Waals surface area contributed by atoms with E-state index in [4.69, 9.17) is 23.2 Å². The minimum Gasteiger partial charge on any atom is -0.352 e. The van der Waals surface area contributed by atoms with Crippen LogP contribution >= 0.6 is 23.2 Å². The number of carbonyl (C=O) groups is 2. The van der Waals surface area contributed by atoms with Gasteiger partial charge in [0, 0.05) is 22.6 Å². The quantitative estimate of drug-likeness (QED) is 0.311. The summed E-state index contributed by atoms with van der Waals surface area (Å²) in [5.74, 6) is -1.58. The summed E-state index contributed by atoms with van der Waals surface area (Å²) in [4.78, 5) is 28.3. The lowest BCUT2D eigenvalue weighted by Gasteiger charge is -2.33. The van der Waals surface area contributed by atoms with Gasteiger partial charge in [-0.1, -0.05) is 54.4 Å². The van der Waals surface area contributed by atoms with Crippen molar-refractivity contribution in [2.75, 3.05) is 10.8 Å². The van der Waals surface area contributed by atoms with E-state index >= 15 is 0 Å². The van der Waals surface area contributed by atoms with E-state index in [0.29, 0.717) is 15.6 Å². The lowest BCUT2D eigenvalue weighted by Crippen LogP contribution is -2.53. The summed E-state index contributed by atoms with van der Waals surface area (Å²) >= 11 is 12.4. The van der Waals surface area contributed by atoms with E-state index in [9.17, 15) is 22.4 Å². The van der Waals surface area contributed by atoms with Crippen LogP contribution < -0.4 is 9.62 Å². The Morgan fingerprint density at radius 1 is 0.974 bits per heavy atom. The maximum absolute atomic E-state index is 13.9. The van der Waals surface area contributed by atoms with Crippen LogP contribution in [0.1, 0.15) is 32.8 Å². The van der Waals surface area contributed by atoms with E-state index in [-0.39, 0.29) is 35.5 Å². The predicted molar refractivity (Wildman–Crippen MR) is 152 cm³/mol. The van der Waals surface area contributed by atoms with Crippen LogP contribution in [0, 0.1) is 5.82 Å². The van der Waals surface area contributed by atoms with E-state index in [2.05, 4.69) is 5.32 Å². The first-order valence-corrected chi connectivity index (χ1v) is 14.5. The van der Waals surface area contributed by atoms with Crippen molar-refractivity contribution in [1.82, 2.24) is 10.2 Å². The van der Waals surface area contributed by atoms with Gasteiger partial charge in [-0.05, 0) is 74.4 Å². The van der Waals surface area contributed by atoms with Gasteiger partial charge >= 0.3 is 0 Å². The maximum atomic E-state index is 13.9. The van der Waals surface area contributed by atoms with Crippen LogP contribution in [0.2, 0.25) is 10.0 Å². The largest absolute Gasteiger partial charge is 0.352 e. The summed E-state index contributed by atoms with van der Waals surface area (Å²) in [6.07, 6.45) is 0.261. The second-order valence-electron chi connectivity index (χ2n) is 9.15. The third-order valence-electron chi connectivity index (χ3n) is 5.90. The number of halogens is 3. The topological polar surface area (TPSA) is 86.8 Å². The minimum absolute atomic E-state index is 0.0426. The third kappa shape index (κ3) is 7.71. The first kappa shape index (κ1) is 30.4. The van der Waals surface area contributed by atoms with Gasteiger partial charge < -0.3 is 10.2 Å². The number of nitrogens with one attached hydrogen (secondary N) is 1. The van der Waals surface area contributed by atoms with Crippen LogP contribution in [0.15, 0.2) is 77.7 Å². The van der Waals surface area contributed by atoms with Crippen molar-refractivity contribution in [2.45, 2.75) is 50.7 Å². The average molecular weight is 595 g/mol. The van der Waals surface area contributed by atoms with Crippen molar-refractivity contribution in [3.63, 3.8) is 0 Å². The SMILES string of the molecule is CCC(C(=O)NC(C)C)N(Cc1ccc(Cl)cc1Cl)C(=O)CN(c1ccc(F)cc1)S(=O)(=O)c1ccccc1. The molecule has 0 aliphatic carbocycles. The molecular formula is C28H30Cl2FN3O4S. The highest BCUT2D eigenvalue weighted by Crippen LogP contribution is 2.27. The number of hydrogen-bond acceptors (Lipinski definition) is 4. The van der Waals surface area contributed by atoms with Gasteiger partial charge in [0.2, 0.25) is 11.8 Å². The average Bonchev–Trinajstić information content (AvgIpc) is 2.89. The molecular weight excluding hydrogens is 564 g/mol. The summed E-state index contributed by atoms with van der Waals surface area (Å²) in [5, 5.41) is 3.53. The zero-order chi connectivity index (χ0) is 28.7. The van der Waals surface area contributed by atoms with Gasteiger partial charge in [-0.3, -0.25) is 13.9 Å². The van der Waals surface area contributed by atoms with Crippen molar-refractivity contribution in [3.05, 3.63) is 94.2 Å². The van der Waals surface area contributed by atoms with E-state index in [1.807, 2.05) is 0 Å². The van der Waals surface area contributed by atoms with E-state index in [1.54, 1.807) is 51.1 Å². The Labute approximate surface area is 238 Å². The first-order valence-electron chi connectivity index (χ1n) is 12.3. The van der Waals surface area contributed by atoms with Gasteiger partial charge in [-0.2, -0.15) is 0 Å². The van der Waals surface area contributed by atoms with Crippen LogP contribution in [0.5, 0.6) is 0 Å². The molecule has 1 unspecified atom stereocenters. The number of benzene rings is 3. The Kier molecular flexibility index (Phi) is 10.4. The second-order valence-corrected chi connectivity index (χ2v) is 11.9. The summed E-state index contributed by atoms with van der Waals surface area (Å²) in [7, 11) is -4.23. The zero-order valence-electron chi connectivity index (χ0n) is 21.8. The van der Waals surface area contributed by atoms with Crippen LogP contribution in [0.4, 0.5) is 10.1 Å². The third-order valence-corrected chi connectivity index (χ3v) is 8.27. The van der Waals surface area contributed by atoms with E-state index in [1.165, 1.54) is 35.2 Å². The predicted octanol–water partition coefficient (Wildman–Crippen LogP) is 5.66. The van der Waals surface area contributed by atoms with Crippen LogP contribution in [-0.4, -0.2) is 43.8 Å². The molecule has 3 aromatic rings. The molecule has 0 bridgehead atoms. The molecule has 39 heavy (non-hydrogen) atoms. The van der Waals surface area contributed by atoms with Gasteiger partial charge in [-0.15, -0.1) is 0 Å². The number of rotatable bonds is 11. The molecule has 3 rings (SSSR count). The molecule has 0 spiro atoms. The molecule has 0 saturated carbocycles. The lowest BCUT2D eigenvalue weighted by molar-refractivity contribution is -0.140. The van der Waals surface area contributed by atoms with Gasteiger partial charge in [0.15, 0.2) is 0 Å². The summed E-state index contributed by atoms with van der Waals surface area (Å²) in [6, 6.07) is 16.1. The maximum Gasteiger partial charge on any atom is 0.264 e. The molecule has 2 amide bonds. The molecule has 208 valence electrons. The van der Waals surface area contributed by atoms with Crippen molar-refractivity contribution in [2.24, 2.45) is 0 Å². The molecule has 0 aliphatic rings. The monoisotopic (exact) mass is 593 g/mol. The Bertz CT molecular complexity index is 1400. The Hall–Kier alpha value is -3.14. The molecule has 0 aliphatic heterocycles. The number of hydrogen-bond donors (Lipinski definition) is 1. The van der Waals surface area contributed by atoms with Gasteiger partial charge in [-0.25, -0.2) is 12.8 Å². The summed E-state index contributed by atoms with van der Waals surface area (Å²) < 4.78 is 42.0. The zero-order valence-corrected chi connectivity index (χ0v) is 24.1. The fraction of sp³-hybridized carbons (Fsp3) is 0.286. The fourth-order valence-corrected chi connectivity index (χ4v) is 5.89. The Morgan fingerprint density at radius 3 is 2.18 bits per heavy atom. The van der Waals surface area contributed by atoms with Crippen LogP contribution in [0.3, 0.4) is 0 Å². The summed E-state index contributed by atoms with van der Waals surface area (Å²) in [6.45, 7) is 4.65. The second kappa shape index (κ2) is 13.3. The van der Waals surface area contributed by atoms with Gasteiger partial charge in [0.1, 0.15) is 18.4 Å². The smallest absolute Gasteiger partial charge is 0.264 e. The molecule has 0 heterocycles. The van der Waals surface area contributed by atoms with Crippen molar-refractivity contribution < 1.29 is 22.4 Å². The van der Waals surface area contributed by atoms with Crippen molar-refractivity contribution in [1.29, 1.82) is 0 Å². The standard InChI is InChI=1S/C28H30Cl2FN3O4S/c1-4-26(28(36)32-19(2)3)33(17-20-10-11-21(29)16-25(20)30)27(35)18-34(23-14-12-22(31)13-15-23)39(37,38)24-8-6-5-7-9-24/h5-16,19,26H,4,17-18H2,1-3H3,(H,32,36).